The Bertz CT molecular complexity index is 337. The van der Waals surface area contributed by atoms with E-state index in [1.807, 2.05) is 12.1 Å². The second-order valence-corrected chi connectivity index (χ2v) is 4.87. The minimum absolute atomic E-state index is 0.467. The van der Waals surface area contributed by atoms with Gasteiger partial charge < -0.3 is 4.90 Å². The smallest absolute Gasteiger partial charge is 0.0488 e. The third kappa shape index (κ3) is 3.29. The molecule has 0 unspecified atom stereocenters. The Labute approximate surface area is 108 Å². The van der Waals surface area contributed by atoms with Crippen molar-refractivity contribution < 1.29 is 0 Å². The third-order valence-corrected chi connectivity index (χ3v) is 3.24. The van der Waals surface area contributed by atoms with Gasteiger partial charge in [-0.15, -0.1) is 11.6 Å². The summed E-state index contributed by atoms with van der Waals surface area (Å²) in [6, 6.07) is 6.60. The van der Waals surface area contributed by atoms with E-state index in [0.29, 0.717) is 11.9 Å². The van der Waals surface area contributed by atoms with Gasteiger partial charge >= 0.3 is 0 Å². The van der Waals surface area contributed by atoms with Crippen molar-refractivity contribution in [2.24, 2.45) is 0 Å². The van der Waals surface area contributed by atoms with Crippen molar-refractivity contribution in [1.82, 2.24) is 0 Å². The second kappa shape index (κ2) is 6.36. The van der Waals surface area contributed by atoms with Crippen LogP contribution in [-0.4, -0.2) is 12.6 Å². The molecule has 0 aromatic heterocycles. The highest BCUT2D eigenvalue weighted by atomic mass is 35.5. The first-order valence-electron chi connectivity index (χ1n) is 5.71. The second-order valence-electron chi connectivity index (χ2n) is 4.20. The van der Waals surface area contributed by atoms with Crippen LogP contribution in [0.2, 0.25) is 5.02 Å². The maximum atomic E-state index is 6.17. The Kier molecular flexibility index (Phi) is 5.43. The summed E-state index contributed by atoms with van der Waals surface area (Å²) in [5, 5.41) is 0.759. The Morgan fingerprint density at radius 2 is 2.00 bits per heavy atom. The fourth-order valence-corrected chi connectivity index (χ4v) is 2.29. The molecule has 1 aromatic rings. The molecular weight excluding hydrogens is 241 g/mol. The molecule has 0 aliphatic rings. The lowest BCUT2D eigenvalue weighted by atomic mass is 10.2. The van der Waals surface area contributed by atoms with E-state index < -0.39 is 0 Å². The molecule has 1 nitrogen and oxygen atoms in total. The summed E-state index contributed by atoms with van der Waals surface area (Å²) < 4.78 is 0. The average molecular weight is 260 g/mol. The maximum absolute atomic E-state index is 6.17. The molecule has 0 spiro atoms. The van der Waals surface area contributed by atoms with E-state index in [2.05, 4.69) is 31.7 Å². The van der Waals surface area contributed by atoms with Crippen LogP contribution in [0.1, 0.15) is 32.8 Å². The van der Waals surface area contributed by atoms with Gasteiger partial charge in [0.2, 0.25) is 0 Å². The number of nitrogens with zero attached hydrogens (tertiary/aromatic N) is 1. The molecule has 0 heterocycles. The van der Waals surface area contributed by atoms with Gasteiger partial charge in [0, 0.05) is 29.2 Å². The number of rotatable bonds is 5. The largest absolute Gasteiger partial charge is 0.369 e. The number of halogens is 2. The van der Waals surface area contributed by atoms with E-state index in [1.165, 1.54) is 5.69 Å². The molecule has 0 atom stereocenters. The van der Waals surface area contributed by atoms with Crippen molar-refractivity contribution in [1.29, 1.82) is 0 Å². The number of hydrogen-bond acceptors (Lipinski definition) is 1. The van der Waals surface area contributed by atoms with Crippen LogP contribution in [0.3, 0.4) is 0 Å². The molecule has 0 fully saturated rings. The van der Waals surface area contributed by atoms with Gasteiger partial charge in [0.25, 0.3) is 0 Å². The summed E-state index contributed by atoms with van der Waals surface area (Å²) in [5.74, 6) is 0.467. The van der Waals surface area contributed by atoms with Crippen molar-refractivity contribution >= 4 is 28.9 Å². The van der Waals surface area contributed by atoms with Crippen LogP contribution in [0.15, 0.2) is 18.2 Å². The van der Waals surface area contributed by atoms with Crippen molar-refractivity contribution in [3.8, 4) is 0 Å². The van der Waals surface area contributed by atoms with Crippen LogP contribution >= 0.6 is 23.2 Å². The number of benzene rings is 1. The van der Waals surface area contributed by atoms with E-state index >= 15 is 0 Å². The molecule has 90 valence electrons. The number of hydrogen-bond donors (Lipinski definition) is 0. The van der Waals surface area contributed by atoms with Gasteiger partial charge in [-0.1, -0.05) is 24.6 Å². The van der Waals surface area contributed by atoms with E-state index in [1.54, 1.807) is 0 Å². The summed E-state index contributed by atoms with van der Waals surface area (Å²) in [6.07, 6.45) is 1.13. The molecule has 3 heteroatoms. The van der Waals surface area contributed by atoms with Gasteiger partial charge in [-0.25, -0.2) is 0 Å². The molecule has 0 N–H and O–H groups in total. The van der Waals surface area contributed by atoms with Crippen LogP contribution in [-0.2, 0) is 5.88 Å². The Balaban J connectivity index is 2.97. The molecule has 16 heavy (non-hydrogen) atoms. The minimum Gasteiger partial charge on any atom is -0.369 e. The highest BCUT2D eigenvalue weighted by Crippen LogP contribution is 2.26. The lowest BCUT2D eigenvalue weighted by Crippen LogP contribution is -2.31. The van der Waals surface area contributed by atoms with Crippen LogP contribution in [0.5, 0.6) is 0 Å². The molecule has 0 radical (unpaired) electrons. The fraction of sp³-hybridized carbons (Fsp3) is 0.538. The molecule has 0 saturated carbocycles. The first kappa shape index (κ1) is 13.7. The lowest BCUT2D eigenvalue weighted by Gasteiger charge is -2.29. The first-order chi connectivity index (χ1) is 7.60. The summed E-state index contributed by atoms with van der Waals surface area (Å²) in [7, 11) is 0. The monoisotopic (exact) mass is 259 g/mol. The highest BCUT2D eigenvalue weighted by Gasteiger charge is 2.10. The molecule has 0 aliphatic heterocycles. The normalized spacial score (nSPS) is 10.9. The van der Waals surface area contributed by atoms with E-state index in [-0.39, 0.29) is 0 Å². The third-order valence-electron chi connectivity index (χ3n) is 2.60. The predicted molar refractivity (Wildman–Crippen MR) is 73.8 cm³/mol. The highest BCUT2D eigenvalue weighted by molar-refractivity contribution is 6.32. The van der Waals surface area contributed by atoms with Gasteiger partial charge in [0.05, 0.1) is 0 Å². The van der Waals surface area contributed by atoms with Crippen LogP contribution in [0.25, 0.3) is 0 Å². The molecule has 0 bridgehead atoms. The van der Waals surface area contributed by atoms with Crippen molar-refractivity contribution in [2.45, 2.75) is 39.1 Å². The first-order valence-corrected chi connectivity index (χ1v) is 6.62. The Hall–Kier alpha value is -0.400. The Morgan fingerprint density at radius 1 is 1.31 bits per heavy atom. The van der Waals surface area contributed by atoms with Gasteiger partial charge in [0.1, 0.15) is 0 Å². The van der Waals surface area contributed by atoms with E-state index in [4.69, 9.17) is 23.2 Å². The molecule has 1 rings (SSSR count). The van der Waals surface area contributed by atoms with Crippen LogP contribution in [0, 0.1) is 0 Å². The molecule has 0 amide bonds. The quantitative estimate of drug-likeness (QED) is 0.693. The van der Waals surface area contributed by atoms with Crippen molar-refractivity contribution in [3.63, 3.8) is 0 Å². The SMILES string of the molecule is CCCN(c1ccc(CCl)c(Cl)c1)C(C)C. The molecule has 0 saturated heterocycles. The van der Waals surface area contributed by atoms with Gasteiger partial charge in [-0.2, -0.15) is 0 Å². The molecular formula is C13H19Cl2N. The van der Waals surface area contributed by atoms with Gasteiger partial charge in [0.15, 0.2) is 0 Å². The van der Waals surface area contributed by atoms with Crippen molar-refractivity contribution in [3.05, 3.63) is 28.8 Å². The lowest BCUT2D eigenvalue weighted by molar-refractivity contribution is 0.671. The molecule has 0 aliphatic carbocycles. The summed E-state index contributed by atoms with van der Waals surface area (Å²) >= 11 is 12.0. The summed E-state index contributed by atoms with van der Waals surface area (Å²) in [5.41, 5.74) is 2.17. The number of anilines is 1. The van der Waals surface area contributed by atoms with Gasteiger partial charge in [-0.3, -0.25) is 0 Å². The maximum Gasteiger partial charge on any atom is 0.0488 e. The zero-order valence-electron chi connectivity index (χ0n) is 10.1. The average Bonchev–Trinajstić information content (AvgIpc) is 2.25. The summed E-state index contributed by atoms with van der Waals surface area (Å²) in [6.45, 7) is 7.62. The minimum atomic E-state index is 0.467. The fourth-order valence-electron chi connectivity index (χ4n) is 1.75. The topological polar surface area (TPSA) is 3.24 Å². The number of alkyl halides is 1. The predicted octanol–water partition coefficient (Wildman–Crippen LogP) is 4.70. The van der Waals surface area contributed by atoms with Crippen LogP contribution < -0.4 is 4.90 Å². The van der Waals surface area contributed by atoms with E-state index in [0.717, 1.165) is 23.6 Å². The van der Waals surface area contributed by atoms with Crippen molar-refractivity contribution in [2.75, 3.05) is 11.4 Å². The standard InChI is InChI=1S/C13H19Cl2N/c1-4-7-16(10(2)3)12-6-5-11(9-14)13(15)8-12/h5-6,8,10H,4,7,9H2,1-3H3. The van der Waals surface area contributed by atoms with E-state index in [9.17, 15) is 0 Å². The zero-order valence-corrected chi connectivity index (χ0v) is 11.6. The molecule has 1 aromatic carbocycles. The Morgan fingerprint density at radius 3 is 2.44 bits per heavy atom. The summed E-state index contributed by atoms with van der Waals surface area (Å²) in [4.78, 5) is 2.35. The zero-order chi connectivity index (χ0) is 12.1. The van der Waals surface area contributed by atoms with Crippen LogP contribution in [0.4, 0.5) is 5.69 Å². The van der Waals surface area contributed by atoms with Gasteiger partial charge in [-0.05, 0) is 38.0 Å².